The maximum atomic E-state index is 13.5. The molecular formula is C25H25F3N4O2. The molecule has 0 aliphatic rings. The molecule has 4 rings (SSSR count). The fourth-order valence-corrected chi connectivity index (χ4v) is 3.81. The van der Waals surface area contributed by atoms with Gasteiger partial charge in [0.15, 0.2) is 0 Å². The van der Waals surface area contributed by atoms with Crippen molar-refractivity contribution in [1.29, 1.82) is 0 Å². The monoisotopic (exact) mass is 470 g/mol. The highest BCUT2D eigenvalue weighted by molar-refractivity contribution is 5.76. The first-order valence-electron chi connectivity index (χ1n) is 10.8. The Hall–Kier alpha value is -3.43. The lowest BCUT2D eigenvalue weighted by atomic mass is 10.2. The average Bonchev–Trinajstić information content (AvgIpc) is 3.18. The van der Waals surface area contributed by atoms with E-state index in [1.54, 1.807) is 24.4 Å². The molecular weight excluding hydrogens is 445 g/mol. The van der Waals surface area contributed by atoms with Crippen LogP contribution in [-0.2, 0) is 25.9 Å². The minimum atomic E-state index is -4.61. The molecule has 1 unspecified atom stereocenters. The SMILES string of the molecule is CN(Cc1ccc(OCc2ccccn2)cc1)CC(O)Cn1c(C(F)(F)F)nc2ccccc21. The number of pyridine rings is 1. The largest absolute Gasteiger partial charge is 0.487 e. The van der Waals surface area contributed by atoms with Crippen molar-refractivity contribution in [3.8, 4) is 5.75 Å². The zero-order valence-electron chi connectivity index (χ0n) is 18.6. The van der Waals surface area contributed by atoms with Gasteiger partial charge in [0.1, 0.15) is 12.4 Å². The van der Waals surface area contributed by atoms with Gasteiger partial charge in [-0.15, -0.1) is 0 Å². The summed E-state index contributed by atoms with van der Waals surface area (Å²) in [4.78, 5) is 9.80. The Balaban J connectivity index is 1.34. The number of aliphatic hydroxyl groups excluding tert-OH is 1. The lowest BCUT2D eigenvalue weighted by Crippen LogP contribution is -2.32. The number of alkyl halides is 3. The zero-order chi connectivity index (χ0) is 24.1. The van der Waals surface area contributed by atoms with Gasteiger partial charge in [0.25, 0.3) is 0 Å². The second-order valence-electron chi connectivity index (χ2n) is 8.14. The van der Waals surface area contributed by atoms with E-state index in [4.69, 9.17) is 4.74 Å². The number of ether oxygens (including phenoxy) is 1. The molecule has 0 saturated carbocycles. The second kappa shape index (κ2) is 10.2. The van der Waals surface area contributed by atoms with Crippen molar-refractivity contribution in [2.75, 3.05) is 13.6 Å². The third-order valence-electron chi connectivity index (χ3n) is 5.31. The average molecular weight is 470 g/mol. The fraction of sp³-hybridized carbons (Fsp3) is 0.280. The number of likely N-dealkylation sites (N-methyl/N-ethyl adjacent to an activating group) is 1. The van der Waals surface area contributed by atoms with Crippen LogP contribution in [0.2, 0.25) is 0 Å². The van der Waals surface area contributed by atoms with E-state index < -0.39 is 18.1 Å². The van der Waals surface area contributed by atoms with E-state index in [9.17, 15) is 18.3 Å². The Morgan fingerprint density at radius 2 is 1.76 bits per heavy atom. The molecule has 2 aromatic heterocycles. The first-order chi connectivity index (χ1) is 16.3. The summed E-state index contributed by atoms with van der Waals surface area (Å²) in [5, 5.41) is 10.6. The molecule has 4 aromatic rings. The van der Waals surface area contributed by atoms with Crippen LogP contribution in [0.25, 0.3) is 11.0 Å². The van der Waals surface area contributed by atoms with Crippen LogP contribution in [0.5, 0.6) is 5.75 Å². The van der Waals surface area contributed by atoms with Gasteiger partial charge < -0.3 is 14.4 Å². The molecule has 0 spiro atoms. The molecule has 0 aliphatic heterocycles. The van der Waals surface area contributed by atoms with Gasteiger partial charge in [-0.3, -0.25) is 9.88 Å². The summed E-state index contributed by atoms with van der Waals surface area (Å²) in [6.07, 6.45) is -3.90. The number of hydrogen-bond acceptors (Lipinski definition) is 5. The van der Waals surface area contributed by atoms with Crippen molar-refractivity contribution >= 4 is 11.0 Å². The van der Waals surface area contributed by atoms with E-state index in [1.807, 2.05) is 54.4 Å². The van der Waals surface area contributed by atoms with Gasteiger partial charge >= 0.3 is 6.18 Å². The highest BCUT2D eigenvalue weighted by atomic mass is 19.4. The molecule has 2 heterocycles. The van der Waals surface area contributed by atoms with Crippen LogP contribution >= 0.6 is 0 Å². The van der Waals surface area contributed by atoms with Crippen LogP contribution in [0.4, 0.5) is 13.2 Å². The van der Waals surface area contributed by atoms with Crippen LogP contribution in [0.1, 0.15) is 17.1 Å². The summed E-state index contributed by atoms with van der Waals surface area (Å²) < 4.78 is 47.2. The van der Waals surface area contributed by atoms with Crippen molar-refractivity contribution in [1.82, 2.24) is 19.4 Å². The van der Waals surface area contributed by atoms with Crippen molar-refractivity contribution in [3.63, 3.8) is 0 Å². The number of hydrogen-bond donors (Lipinski definition) is 1. The van der Waals surface area contributed by atoms with Crippen LogP contribution in [0.3, 0.4) is 0 Å². The van der Waals surface area contributed by atoms with E-state index in [2.05, 4.69) is 9.97 Å². The predicted molar refractivity (Wildman–Crippen MR) is 122 cm³/mol. The summed E-state index contributed by atoms with van der Waals surface area (Å²) >= 11 is 0. The molecule has 0 amide bonds. The molecule has 0 aliphatic carbocycles. The maximum absolute atomic E-state index is 13.5. The lowest BCUT2D eigenvalue weighted by molar-refractivity contribution is -0.147. The number of imidazole rings is 1. The van der Waals surface area contributed by atoms with Crippen LogP contribution in [0, 0.1) is 0 Å². The molecule has 0 bridgehead atoms. The van der Waals surface area contributed by atoms with E-state index in [1.165, 1.54) is 6.07 Å². The number of rotatable bonds is 9. The van der Waals surface area contributed by atoms with E-state index in [-0.39, 0.29) is 18.6 Å². The Bertz CT molecular complexity index is 1210. The standard InChI is InChI=1S/C25H25F3N4O2/c1-31(14-18-9-11-21(12-10-18)34-17-19-6-4-5-13-29-19)15-20(33)16-32-23-8-3-2-7-22(23)30-24(32)25(26,27)28/h2-13,20,33H,14-17H2,1H3. The molecule has 0 saturated heterocycles. The van der Waals surface area contributed by atoms with E-state index in [0.717, 1.165) is 15.8 Å². The number of aromatic nitrogens is 3. The topological polar surface area (TPSA) is 63.4 Å². The zero-order valence-corrected chi connectivity index (χ0v) is 18.6. The second-order valence-corrected chi connectivity index (χ2v) is 8.14. The Morgan fingerprint density at radius 1 is 1.03 bits per heavy atom. The highest BCUT2D eigenvalue weighted by Crippen LogP contribution is 2.31. The molecule has 6 nitrogen and oxygen atoms in total. The predicted octanol–water partition coefficient (Wildman–Crippen LogP) is 4.52. The van der Waals surface area contributed by atoms with Crippen molar-refractivity contribution < 1.29 is 23.0 Å². The molecule has 0 radical (unpaired) electrons. The Labute approximate surface area is 195 Å². The molecule has 1 atom stereocenters. The highest BCUT2D eigenvalue weighted by Gasteiger charge is 2.38. The van der Waals surface area contributed by atoms with Gasteiger partial charge in [-0.05, 0) is 49.0 Å². The minimum absolute atomic E-state index is 0.196. The first-order valence-corrected chi connectivity index (χ1v) is 10.8. The molecule has 9 heteroatoms. The number of benzene rings is 2. The van der Waals surface area contributed by atoms with Gasteiger partial charge in [-0.1, -0.05) is 30.3 Å². The molecule has 1 N–H and O–H groups in total. The summed E-state index contributed by atoms with van der Waals surface area (Å²) in [7, 11) is 1.81. The van der Waals surface area contributed by atoms with Crippen molar-refractivity contribution in [3.05, 3.63) is 90.0 Å². The van der Waals surface area contributed by atoms with Gasteiger partial charge in [0, 0.05) is 19.3 Å². The normalized spacial score (nSPS) is 12.9. The number of para-hydroxylation sites is 2. The summed E-state index contributed by atoms with van der Waals surface area (Å²) in [5.41, 5.74) is 2.42. The molecule has 0 fully saturated rings. The maximum Gasteiger partial charge on any atom is 0.449 e. The van der Waals surface area contributed by atoms with Gasteiger partial charge in [-0.2, -0.15) is 13.2 Å². The molecule has 2 aromatic carbocycles. The van der Waals surface area contributed by atoms with Crippen molar-refractivity contribution in [2.24, 2.45) is 0 Å². The summed E-state index contributed by atoms with van der Waals surface area (Å²) in [5.74, 6) is -0.291. The van der Waals surface area contributed by atoms with Crippen LogP contribution in [0.15, 0.2) is 72.9 Å². The van der Waals surface area contributed by atoms with Crippen molar-refractivity contribution in [2.45, 2.75) is 32.0 Å². The number of fused-ring (bicyclic) bond motifs is 1. The first kappa shape index (κ1) is 23.7. The minimum Gasteiger partial charge on any atom is -0.487 e. The number of aliphatic hydroxyl groups is 1. The third-order valence-corrected chi connectivity index (χ3v) is 5.31. The fourth-order valence-electron chi connectivity index (χ4n) is 3.81. The van der Waals surface area contributed by atoms with E-state index >= 15 is 0 Å². The quantitative estimate of drug-likeness (QED) is 0.390. The number of halogens is 3. The Morgan fingerprint density at radius 3 is 2.47 bits per heavy atom. The van der Waals surface area contributed by atoms with Crippen LogP contribution in [-0.4, -0.2) is 44.2 Å². The molecule has 34 heavy (non-hydrogen) atoms. The Kier molecular flexibility index (Phi) is 7.14. The number of nitrogens with zero attached hydrogens (tertiary/aromatic N) is 4. The summed E-state index contributed by atoms with van der Waals surface area (Å²) in [6, 6.07) is 19.6. The smallest absolute Gasteiger partial charge is 0.449 e. The van der Waals surface area contributed by atoms with Gasteiger partial charge in [0.05, 0.1) is 29.4 Å². The molecule has 178 valence electrons. The van der Waals surface area contributed by atoms with Gasteiger partial charge in [-0.25, -0.2) is 4.98 Å². The third kappa shape index (κ3) is 5.92. The summed E-state index contributed by atoms with van der Waals surface area (Å²) in [6.45, 7) is 0.880. The van der Waals surface area contributed by atoms with Crippen LogP contribution < -0.4 is 4.74 Å². The van der Waals surface area contributed by atoms with E-state index in [0.29, 0.717) is 24.4 Å². The van der Waals surface area contributed by atoms with Gasteiger partial charge in [0.2, 0.25) is 5.82 Å². The lowest BCUT2D eigenvalue weighted by Gasteiger charge is -2.22.